The fourth-order valence-corrected chi connectivity index (χ4v) is 4.36. The second kappa shape index (κ2) is 14.0. The first kappa shape index (κ1) is 27.6. The van der Waals surface area contributed by atoms with Gasteiger partial charge in [-0.2, -0.15) is 4.98 Å². The molecule has 1 aliphatic rings. The number of aliphatic imine (C=N–C) groups is 1. The maximum absolute atomic E-state index is 9.47. The van der Waals surface area contributed by atoms with Crippen LogP contribution in [0.3, 0.4) is 0 Å². The van der Waals surface area contributed by atoms with E-state index in [0.29, 0.717) is 42.2 Å². The zero-order valence-corrected chi connectivity index (χ0v) is 21.7. The number of rotatable bonds is 14. The first-order valence-corrected chi connectivity index (χ1v) is 12.8. The van der Waals surface area contributed by atoms with Gasteiger partial charge in [0.2, 0.25) is 5.95 Å². The van der Waals surface area contributed by atoms with E-state index in [1.807, 2.05) is 17.0 Å². The topological polar surface area (TPSA) is 144 Å². The summed E-state index contributed by atoms with van der Waals surface area (Å²) in [5.74, 6) is 1.99. The van der Waals surface area contributed by atoms with E-state index in [1.165, 1.54) is 0 Å². The number of ether oxygens (including phenoxy) is 2. The zero-order chi connectivity index (χ0) is 25.9. The molecular formula is C26H41N7O3. The van der Waals surface area contributed by atoms with Crippen LogP contribution in [-0.2, 0) is 17.8 Å². The fourth-order valence-electron chi connectivity index (χ4n) is 4.36. The summed E-state index contributed by atoms with van der Waals surface area (Å²) in [5, 5.41) is 13.1. The van der Waals surface area contributed by atoms with Crippen molar-refractivity contribution in [2.75, 3.05) is 56.4 Å². The third-order valence-corrected chi connectivity index (χ3v) is 6.54. The van der Waals surface area contributed by atoms with Crippen molar-refractivity contribution >= 4 is 23.7 Å². The molecule has 0 bridgehead atoms. The number of nitrogens with two attached hydrogens (primary N) is 2. The Morgan fingerprint density at radius 1 is 1.25 bits per heavy atom. The Morgan fingerprint density at radius 3 is 2.81 bits per heavy atom. The smallest absolute Gasteiger partial charge is 0.222 e. The van der Waals surface area contributed by atoms with Crippen molar-refractivity contribution < 1.29 is 14.6 Å². The van der Waals surface area contributed by atoms with Crippen LogP contribution in [0.25, 0.3) is 0 Å². The molecule has 3 rings (SSSR count). The Hall–Kier alpha value is -2.95. The number of benzene rings is 1. The highest BCUT2D eigenvalue weighted by atomic mass is 16.5. The molecule has 10 nitrogen and oxygen atoms in total. The molecule has 1 fully saturated rings. The number of nitrogen functional groups attached to an aromatic ring is 2. The Kier molecular flexibility index (Phi) is 10.7. The largest absolute Gasteiger partial charge is 0.496 e. The van der Waals surface area contributed by atoms with Gasteiger partial charge in [-0.1, -0.05) is 32.4 Å². The number of methoxy groups -OCH3 is 1. The summed E-state index contributed by atoms with van der Waals surface area (Å²) in [6, 6.07) is 6.56. The number of anilines is 3. The van der Waals surface area contributed by atoms with Gasteiger partial charge in [0.25, 0.3) is 0 Å². The normalized spacial score (nSPS) is 17.7. The minimum absolute atomic E-state index is 0.00455. The summed E-state index contributed by atoms with van der Waals surface area (Å²) in [7, 11) is 1.67. The first-order chi connectivity index (χ1) is 17.5. The van der Waals surface area contributed by atoms with Gasteiger partial charge < -0.3 is 36.3 Å². The monoisotopic (exact) mass is 499 g/mol. The summed E-state index contributed by atoms with van der Waals surface area (Å²) in [4.78, 5) is 15.1. The average Bonchev–Trinajstić information content (AvgIpc) is 3.35. The van der Waals surface area contributed by atoms with Gasteiger partial charge in [0.05, 0.1) is 33.5 Å². The van der Waals surface area contributed by atoms with Gasteiger partial charge in [-0.05, 0) is 30.4 Å². The third kappa shape index (κ3) is 7.28. The molecule has 2 unspecified atom stereocenters. The molecule has 10 heteroatoms. The van der Waals surface area contributed by atoms with Gasteiger partial charge in [0.1, 0.15) is 17.1 Å². The number of aliphatic hydroxyl groups excluding tert-OH is 1. The molecule has 0 amide bonds. The van der Waals surface area contributed by atoms with Gasteiger partial charge in [-0.3, -0.25) is 4.99 Å². The highest BCUT2D eigenvalue weighted by molar-refractivity contribution is 5.89. The molecule has 0 aliphatic carbocycles. The lowest BCUT2D eigenvalue weighted by Gasteiger charge is -2.24. The highest BCUT2D eigenvalue weighted by Crippen LogP contribution is 2.25. The lowest BCUT2D eigenvalue weighted by atomic mass is 10.0. The molecule has 1 aromatic carbocycles. The van der Waals surface area contributed by atoms with Crippen LogP contribution >= 0.6 is 0 Å². The summed E-state index contributed by atoms with van der Waals surface area (Å²) in [6.07, 6.45) is 4.70. The number of aliphatic hydroxyl groups is 1. The third-order valence-electron chi connectivity index (χ3n) is 6.54. The van der Waals surface area contributed by atoms with E-state index in [9.17, 15) is 5.11 Å². The molecule has 198 valence electrons. The van der Waals surface area contributed by atoms with Gasteiger partial charge in [-0.15, -0.1) is 0 Å². The SMILES string of the molecule is CCCCN(CCO)c1nc(N)nc(C=NCc2ccc(CNC3COCC3CC)cc2OC)c1N. The molecule has 6 N–H and O–H groups in total. The average molecular weight is 500 g/mol. The zero-order valence-electron chi connectivity index (χ0n) is 21.7. The molecular weight excluding hydrogens is 458 g/mol. The molecule has 0 radical (unpaired) electrons. The standard InChI is InChI=1S/C26H41N7O3/c1-4-6-9-33(10-11-34)25-24(27)21(31-26(28)32-25)15-29-14-20-8-7-18(12-23(20)35-3)13-30-22-17-36-16-19(22)5-2/h7-8,12,15,19,22,30,34H,4-6,9-11,13-14,16-17,27H2,1-3H3,(H2,28,31,32). The van der Waals surface area contributed by atoms with Crippen molar-refractivity contribution in [2.24, 2.45) is 10.9 Å². The highest BCUT2D eigenvalue weighted by Gasteiger charge is 2.26. The number of nitrogens with one attached hydrogen (secondary N) is 1. The maximum Gasteiger partial charge on any atom is 0.222 e. The van der Waals surface area contributed by atoms with Crippen molar-refractivity contribution in [3.63, 3.8) is 0 Å². The van der Waals surface area contributed by atoms with Crippen LogP contribution in [0.2, 0.25) is 0 Å². The molecule has 1 aliphatic heterocycles. The molecule has 0 spiro atoms. The minimum atomic E-state index is -0.00455. The van der Waals surface area contributed by atoms with E-state index in [0.717, 1.165) is 62.4 Å². The quantitative estimate of drug-likeness (QED) is 0.288. The van der Waals surface area contributed by atoms with Crippen LogP contribution in [0.15, 0.2) is 23.2 Å². The number of nitrogens with zero attached hydrogens (tertiary/aromatic N) is 4. The Labute approximate surface area is 214 Å². The summed E-state index contributed by atoms with van der Waals surface area (Å²) < 4.78 is 11.3. The van der Waals surface area contributed by atoms with Crippen LogP contribution < -0.4 is 26.4 Å². The van der Waals surface area contributed by atoms with Crippen LogP contribution in [-0.4, -0.2) is 67.4 Å². The van der Waals surface area contributed by atoms with E-state index in [1.54, 1.807) is 13.3 Å². The van der Waals surface area contributed by atoms with E-state index in [4.69, 9.17) is 20.9 Å². The van der Waals surface area contributed by atoms with Crippen molar-refractivity contribution in [1.29, 1.82) is 0 Å². The molecule has 2 heterocycles. The van der Waals surface area contributed by atoms with Crippen molar-refractivity contribution in [2.45, 2.75) is 52.2 Å². The predicted octanol–water partition coefficient (Wildman–Crippen LogP) is 2.38. The minimum Gasteiger partial charge on any atom is -0.496 e. The van der Waals surface area contributed by atoms with Crippen molar-refractivity contribution in [1.82, 2.24) is 15.3 Å². The Bertz CT molecular complexity index is 1000. The van der Waals surface area contributed by atoms with Crippen LogP contribution in [0.1, 0.15) is 49.9 Å². The second-order valence-corrected chi connectivity index (χ2v) is 9.08. The van der Waals surface area contributed by atoms with Gasteiger partial charge in [0.15, 0.2) is 5.82 Å². The Morgan fingerprint density at radius 2 is 2.08 bits per heavy atom. The van der Waals surface area contributed by atoms with Gasteiger partial charge >= 0.3 is 0 Å². The van der Waals surface area contributed by atoms with E-state index >= 15 is 0 Å². The molecule has 2 aromatic rings. The molecule has 0 saturated carbocycles. The number of unbranched alkanes of at least 4 members (excludes halogenated alkanes) is 1. The lowest BCUT2D eigenvalue weighted by Crippen LogP contribution is -2.34. The van der Waals surface area contributed by atoms with Crippen molar-refractivity contribution in [3.05, 3.63) is 35.0 Å². The predicted molar refractivity (Wildman–Crippen MR) is 145 cm³/mol. The summed E-state index contributed by atoms with van der Waals surface area (Å²) in [6.45, 7) is 8.20. The molecule has 1 saturated heterocycles. The lowest BCUT2D eigenvalue weighted by molar-refractivity contribution is 0.182. The van der Waals surface area contributed by atoms with Crippen LogP contribution in [0.5, 0.6) is 5.75 Å². The van der Waals surface area contributed by atoms with Crippen LogP contribution in [0.4, 0.5) is 17.5 Å². The van der Waals surface area contributed by atoms with Crippen LogP contribution in [0, 0.1) is 5.92 Å². The van der Waals surface area contributed by atoms with E-state index < -0.39 is 0 Å². The van der Waals surface area contributed by atoms with Crippen molar-refractivity contribution in [3.8, 4) is 5.75 Å². The van der Waals surface area contributed by atoms with Gasteiger partial charge in [0, 0.05) is 37.5 Å². The first-order valence-electron chi connectivity index (χ1n) is 12.8. The van der Waals surface area contributed by atoms with E-state index in [-0.39, 0.29) is 12.6 Å². The maximum atomic E-state index is 9.47. The second-order valence-electron chi connectivity index (χ2n) is 9.08. The molecule has 36 heavy (non-hydrogen) atoms. The number of hydrogen-bond acceptors (Lipinski definition) is 10. The number of hydrogen-bond donors (Lipinski definition) is 4. The van der Waals surface area contributed by atoms with Gasteiger partial charge in [-0.25, -0.2) is 4.98 Å². The fraction of sp³-hybridized carbons (Fsp3) is 0.577. The number of aromatic nitrogens is 2. The van der Waals surface area contributed by atoms with E-state index in [2.05, 4.69) is 40.2 Å². The summed E-state index contributed by atoms with van der Waals surface area (Å²) in [5.41, 5.74) is 15.3. The molecule has 1 aromatic heterocycles. The summed E-state index contributed by atoms with van der Waals surface area (Å²) >= 11 is 0. The molecule has 2 atom stereocenters. The Balaban J connectivity index is 1.69.